The minimum absolute atomic E-state index is 0.986. The highest BCUT2D eigenvalue weighted by molar-refractivity contribution is 6.83. The molecule has 2 heteroatoms. The third kappa shape index (κ3) is 4.20. The maximum absolute atomic E-state index is 3.31. The van der Waals surface area contributed by atoms with Gasteiger partial charge in [-0.1, -0.05) is 19.6 Å². The summed E-state index contributed by atoms with van der Waals surface area (Å²) in [6.07, 6.45) is 2.00. The maximum atomic E-state index is 3.31. The molecule has 0 aromatic rings. The molecule has 0 unspecified atom stereocenters. The molecule has 1 nitrogen and oxygen atoms in total. The number of hydrogen-bond acceptors (Lipinski definition) is 1. The molecule has 0 atom stereocenters. The van der Waals surface area contributed by atoms with Crippen LogP contribution >= 0.6 is 0 Å². The van der Waals surface area contributed by atoms with E-state index in [0.29, 0.717) is 0 Å². The predicted molar refractivity (Wildman–Crippen MR) is 54.5 cm³/mol. The van der Waals surface area contributed by atoms with Crippen LogP contribution < -0.4 is 5.32 Å². The van der Waals surface area contributed by atoms with Crippen LogP contribution in [0, 0.1) is 0 Å². The Labute approximate surface area is 71.2 Å². The molecule has 0 fully saturated rings. The van der Waals surface area contributed by atoms with Crippen LogP contribution in [0.4, 0.5) is 0 Å². The Kier molecular flexibility index (Phi) is 4.42. The standard InChI is InChI=1S/C9H19NSi/c1-6-7-9(8-10-2)11(3,4)5/h6,10H,8H2,1-5H3. The average Bonchev–Trinajstić information content (AvgIpc) is 1.85. The van der Waals surface area contributed by atoms with Crippen molar-refractivity contribution in [3.63, 3.8) is 0 Å². The minimum atomic E-state index is -1.12. The van der Waals surface area contributed by atoms with Gasteiger partial charge in [-0.15, -0.1) is 5.73 Å². The van der Waals surface area contributed by atoms with Gasteiger partial charge in [0.1, 0.15) is 0 Å². The summed E-state index contributed by atoms with van der Waals surface area (Å²) < 4.78 is 0. The molecule has 0 rings (SSSR count). The molecule has 0 saturated heterocycles. The molecule has 11 heavy (non-hydrogen) atoms. The fourth-order valence-corrected chi connectivity index (χ4v) is 2.17. The Morgan fingerprint density at radius 1 is 1.45 bits per heavy atom. The molecule has 0 heterocycles. The lowest BCUT2D eigenvalue weighted by molar-refractivity contribution is 0.903. The molecular formula is C9H19NSi. The largest absolute Gasteiger partial charge is 0.316 e. The second kappa shape index (κ2) is 4.55. The van der Waals surface area contributed by atoms with Crippen molar-refractivity contribution in [3.8, 4) is 0 Å². The first-order valence-corrected chi connectivity index (χ1v) is 7.57. The number of likely N-dealkylation sites (N-methyl/N-ethyl adjacent to an activating group) is 1. The summed E-state index contributed by atoms with van der Waals surface area (Å²) in [4.78, 5) is 0. The Bertz CT molecular complexity index is 170. The second-order valence-corrected chi connectivity index (χ2v) is 8.80. The Morgan fingerprint density at radius 2 is 2.00 bits per heavy atom. The summed E-state index contributed by atoms with van der Waals surface area (Å²) in [7, 11) is 0.867. The van der Waals surface area contributed by atoms with Gasteiger partial charge >= 0.3 is 0 Å². The van der Waals surface area contributed by atoms with E-state index < -0.39 is 8.07 Å². The third-order valence-electron chi connectivity index (χ3n) is 1.58. The lowest BCUT2D eigenvalue weighted by atomic mass is 10.5. The molecule has 0 amide bonds. The fourth-order valence-electron chi connectivity index (χ4n) is 0.884. The average molecular weight is 169 g/mol. The summed E-state index contributed by atoms with van der Waals surface area (Å²) in [5, 5.41) is 4.63. The van der Waals surface area contributed by atoms with E-state index in [0.717, 1.165) is 6.54 Å². The van der Waals surface area contributed by atoms with Gasteiger partial charge in [0.25, 0.3) is 0 Å². The van der Waals surface area contributed by atoms with Crippen LogP contribution in [-0.4, -0.2) is 21.7 Å². The summed E-state index contributed by atoms with van der Waals surface area (Å²) >= 11 is 0. The molecule has 1 N–H and O–H groups in total. The first-order valence-electron chi connectivity index (χ1n) is 4.07. The van der Waals surface area contributed by atoms with Crippen molar-refractivity contribution in [2.24, 2.45) is 0 Å². The van der Waals surface area contributed by atoms with Gasteiger partial charge < -0.3 is 5.32 Å². The van der Waals surface area contributed by atoms with Crippen molar-refractivity contribution in [1.29, 1.82) is 0 Å². The van der Waals surface area contributed by atoms with Crippen LogP contribution in [0.5, 0.6) is 0 Å². The third-order valence-corrected chi connectivity index (χ3v) is 3.71. The zero-order valence-electron chi connectivity index (χ0n) is 8.28. The van der Waals surface area contributed by atoms with Crippen molar-refractivity contribution in [3.05, 3.63) is 17.0 Å². The molecule has 64 valence electrons. The van der Waals surface area contributed by atoms with Crippen molar-refractivity contribution >= 4 is 8.07 Å². The van der Waals surface area contributed by atoms with Crippen LogP contribution in [0.2, 0.25) is 19.6 Å². The first-order chi connectivity index (χ1) is 5.02. The van der Waals surface area contributed by atoms with Gasteiger partial charge in [0.15, 0.2) is 0 Å². The molecule has 0 saturated carbocycles. The minimum Gasteiger partial charge on any atom is -0.316 e. The number of nitrogens with one attached hydrogen (secondary N) is 1. The van der Waals surface area contributed by atoms with Gasteiger partial charge in [-0.25, -0.2) is 0 Å². The number of hydrogen-bond donors (Lipinski definition) is 1. The molecule has 0 aromatic carbocycles. The molecule has 0 aliphatic carbocycles. The smallest absolute Gasteiger partial charge is 0.0840 e. The Hall–Kier alpha value is -0.303. The van der Waals surface area contributed by atoms with E-state index in [2.05, 4.69) is 30.7 Å². The quantitative estimate of drug-likeness (QED) is 0.504. The monoisotopic (exact) mass is 169 g/mol. The van der Waals surface area contributed by atoms with E-state index in [1.165, 1.54) is 5.20 Å². The maximum Gasteiger partial charge on any atom is 0.0840 e. The van der Waals surface area contributed by atoms with Gasteiger partial charge in [-0.3, -0.25) is 0 Å². The molecular weight excluding hydrogens is 150 g/mol. The van der Waals surface area contributed by atoms with Crippen molar-refractivity contribution in [2.45, 2.75) is 26.6 Å². The lowest BCUT2D eigenvalue weighted by Gasteiger charge is -2.18. The SMILES string of the molecule is CC=C=C(CNC)[Si](C)(C)C. The highest BCUT2D eigenvalue weighted by Crippen LogP contribution is 2.11. The van der Waals surface area contributed by atoms with E-state index in [1.807, 2.05) is 20.0 Å². The first kappa shape index (κ1) is 10.7. The molecule has 0 aliphatic rings. The molecule has 0 bridgehead atoms. The number of rotatable bonds is 3. The lowest BCUT2D eigenvalue weighted by Crippen LogP contribution is -2.30. The Morgan fingerprint density at radius 3 is 2.27 bits per heavy atom. The van der Waals surface area contributed by atoms with Crippen LogP contribution in [0.3, 0.4) is 0 Å². The topological polar surface area (TPSA) is 12.0 Å². The molecule has 0 radical (unpaired) electrons. The van der Waals surface area contributed by atoms with E-state index in [4.69, 9.17) is 0 Å². The molecule has 0 spiro atoms. The molecule has 0 aromatic heterocycles. The summed E-state index contributed by atoms with van der Waals surface area (Å²) in [6, 6.07) is 0. The van der Waals surface area contributed by atoms with Crippen molar-refractivity contribution in [1.82, 2.24) is 5.32 Å². The highest BCUT2D eigenvalue weighted by atomic mass is 28.3. The normalized spacial score (nSPS) is 10.6. The van der Waals surface area contributed by atoms with Crippen LogP contribution in [0.15, 0.2) is 17.0 Å². The van der Waals surface area contributed by atoms with Crippen molar-refractivity contribution in [2.75, 3.05) is 13.6 Å². The van der Waals surface area contributed by atoms with Gasteiger partial charge in [-0.2, -0.15) is 0 Å². The van der Waals surface area contributed by atoms with Crippen LogP contribution in [-0.2, 0) is 0 Å². The zero-order valence-corrected chi connectivity index (χ0v) is 9.28. The zero-order chi connectivity index (χ0) is 8.91. The van der Waals surface area contributed by atoms with Gasteiger partial charge in [0, 0.05) is 6.54 Å². The van der Waals surface area contributed by atoms with E-state index >= 15 is 0 Å². The van der Waals surface area contributed by atoms with E-state index in [1.54, 1.807) is 0 Å². The predicted octanol–water partition coefficient (Wildman–Crippen LogP) is 2.18. The highest BCUT2D eigenvalue weighted by Gasteiger charge is 2.17. The fraction of sp³-hybridized carbons (Fsp3) is 0.667. The van der Waals surface area contributed by atoms with E-state index in [9.17, 15) is 0 Å². The van der Waals surface area contributed by atoms with Gasteiger partial charge in [-0.05, 0) is 25.2 Å². The van der Waals surface area contributed by atoms with E-state index in [-0.39, 0.29) is 0 Å². The summed E-state index contributed by atoms with van der Waals surface area (Å²) in [5.74, 6) is 0. The summed E-state index contributed by atoms with van der Waals surface area (Å²) in [6.45, 7) is 10.0. The Balaban J connectivity index is 4.49. The van der Waals surface area contributed by atoms with Gasteiger partial charge in [0.2, 0.25) is 0 Å². The van der Waals surface area contributed by atoms with Gasteiger partial charge in [0.05, 0.1) is 8.07 Å². The molecule has 0 aliphatic heterocycles. The van der Waals surface area contributed by atoms with Crippen LogP contribution in [0.1, 0.15) is 6.92 Å². The van der Waals surface area contributed by atoms with Crippen molar-refractivity contribution < 1.29 is 0 Å². The van der Waals surface area contributed by atoms with Crippen LogP contribution in [0.25, 0.3) is 0 Å². The summed E-state index contributed by atoms with van der Waals surface area (Å²) in [5.41, 5.74) is 3.31. The second-order valence-electron chi connectivity index (χ2n) is 3.69.